The zero-order chi connectivity index (χ0) is 21.3. The van der Waals surface area contributed by atoms with Gasteiger partial charge in [-0.25, -0.2) is 0 Å². The van der Waals surface area contributed by atoms with Crippen molar-refractivity contribution in [2.24, 2.45) is 17.3 Å². The summed E-state index contributed by atoms with van der Waals surface area (Å²) < 4.78 is 4.65. The van der Waals surface area contributed by atoms with Crippen molar-refractivity contribution in [1.82, 2.24) is 0 Å². The molecule has 0 aromatic rings. The summed E-state index contributed by atoms with van der Waals surface area (Å²) in [5.74, 6) is 0.0624. The third-order valence-electron chi connectivity index (χ3n) is 7.53. The number of hydrogen-bond donors (Lipinski definition) is 2. The van der Waals surface area contributed by atoms with Gasteiger partial charge < -0.3 is 14.9 Å². The van der Waals surface area contributed by atoms with E-state index >= 15 is 0 Å². The molecule has 0 heterocycles. The molecular formula is C24H42O5. The van der Waals surface area contributed by atoms with Crippen molar-refractivity contribution in [2.45, 2.75) is 115 Å². The van der Waals surface area contributed by atoms with Crippen LogP contribution in [0.15, 0.2) is 0 Å². The Hall–Kier alpha value is -0.940. The normalized spacial score (nSPS) is 26.9. The van der Waals surface area contributed by atoms with Gasteiger partial charge in [0.15, 0.2) is 0 Å². The van der Waals surface area contributed by atoms with Crippen LogP contribution in [0, 0.1) is 17.3 Å². The minimum Gasteiger partial charge on any atom is -0.469 e. The van der Waals surface area contributed by atoms with Crippen LogP contribution in [0.3, 0.4) is 0 Å². The van der Waals surface area contributed by atoms with Gasteiger partial charge in [0, 0.05) is 18.8 Å². The Morgan fingerprint density at radius 2 is 1.90 bits per heavy atom. The second-order valence-corrected chi connectivity index (χ2v) is 9.45. The Morgan fingerprint density at radius 3 is 2.52 bits per heavy atom. The van der Waals surface area contributed by atoms with Crippen molar-refractivity contribution < 1.29 is 24.5 Å². The summed E-state index contributed by atoms with van der Waals surface area (Å²) >= 11 is 0. The summed E-state index contributed by atoms with van der Waals surface area (Å²) in [7, 11) is 1.41. The third-order valence-corrected chi connectivity index (χ3v) is 7.53. The first-order valence-corrected chi connectivity index (χ1v) is 11.9. The van der Waals surface area contributed by atoms with E-state index in [1.54, 1.807) is 0 Å². The SMILES string of the molecule is CCCC1([C@H](O)CCC[C@H]2C(O)CC(=O)C2CCCCCCC(=O)OC)CCC1. The summed E-state index contributed by atoms with van der Waals surface area (Å²) in [6.45, 7) is 2.19. The van der Waals surface area contributed by atoms with Crippen LogP contribution >= 0.6 is 0 Å². The first-order chi connectivity index (χ1) is 13.9. The molecule has 2 saturated carbocycles. The van der Waals surface area contributed by atoms with Gasteiger partial charge in [0.2, 0.25) is 0 Å². The number of methoxy groups -OCH3 is 1. The summed E-state index contributed by atoms with van der Waals surface area (Å²) in [4.78, 5) is 23.5. The smallest absolute Gasteiger partial charge is 0.305 e. The number of esters is 1. The maximum atomic E-state index is 12.4. The second kappa shape index (κ2) is 12.0. The number of ketones is 1. The molecule has 4 atom stereocenters. The zero-order valence-electron chi connectivity index (χ0n) is 18.5. The van der Waals surface area contributed by atoms with Gasteiger partial charge in [0.25, 0.3) is 0 Å². The van der Waals surface area contributed by atoms with E-state index in [9.17, 15) is 19.8 Å². The molecule has 2 rings (SSSR count). The molecule has 2 aliphatic rings. The van der Waals surface area contributed by atoms with Crippen LogP contribution in [0.25, 0.3) is 0 Å². The van der Waals surface area contributed by atoms with E-state index in [0.717, 1.165) is 77.0 Å². The molecule has 2 N–H and O–H groups in total. The lowest BCUT2D eigenvalue weighted by Crippen LogP contribution is -2.41. The summed E-state index contributed by atoms with van der Waals surface area (Å²) in [6.07, 6.45) is 12.8. The Kier molecular flexibility index (Phi) is 10.1. The fourth-order valence-electron chi connectivity index (χ4n) is 5.61. The van der Waals surface area contributed by atoms with Crippen molar-refractivity contribution in [2.75, 3.05) is 7.11 Å². The second-order valence-electron chi connectivity index (χ2n) is 9.45. The number of aliphatic hydroxyl groups is 2. The number of hydrogen-bond acceptors (Lipinski definition) is 5. The van der Waals surface area contributed by atoms with E-state index in [2.05, 4.69) is 11.7 Å². The van der Waals surface area contributed by atoms with Crippen LogP contribution in [-0.2, 0) is 14.3 Å². The molecule has 5 heteroatoms. The molecule has 2 aliphatic carbocycles. The predicted octanol–water partition coefficient (Wildman–Crippen LogP) is 4.57. The first-order valence-electron chi connectivity index (χ1n) is 11.9. The molecule has 0 aromatic heterocycles. The Labute approximate surface area is 176 Å². The van der Waals surface area contributed by atoms with E-state index in [0.29, 0.717) is 12.8 Å². The Balaban J connectivity index is 1.70. The highest BCUT2D eigenvalue weighted by atomic mass is 16.5. The van der Waals surface area contributed by atoms with Crippen LogP contribution in [0.4, 0.5) is 0 Å². The highest BCUT2D eigenvalue weighted by Crippen LogP contribution is 2.49. The average Bonchev–Trinajstić information content (AvgIpc) is 2.93. The number of carbonyl (C=O) groups excluding carboxylic acids is 2. The summed E-state index contributed by atoms with van der Waals surface area (Å²) in [5.41, 5.74) is 0.141. The topological polar surface area (TPSA) is 83.8 Å². The lowest BCUT2D eigenvalue weighted by Gasteiger charge is -2.46. The minimum absolute atomic E-state index is 0.0314. The van der Waals surface area contributed by atoms with Crippen LogP contribution in [-0.4, -0.2) is 41.3 Å². The van der Waals surface area contributed by atoms with Crippen LogP contribution in [0.1, 0.15) is 103 Å². The number of ether oxygens (including phenoxy) is 1. The largest absolute Gasteiger partial charge is 0.469 e. The zero-order valence-corrected chi connectivity index (χ0v) is 18.5. The van der Waals surface area contributed by atoms with Crippen LogP contribution in [0.2, 0.25) is 0 Å². The maximum absolute atomic E-state index is 12.4. The Bertz CT molecular complexity index is 513. The molecule has 0 radical (unpaired) electrons. The molecule has 0 aromatic carbocycles. The van der Waals surface area contributed by atoms with Gasteiger partial charge in [-0.2, -0.15) is 0 Å². The molecule has 0 bridgehead atoms. The number of carbonyl (C=O) groups is 2. The third kappa shape index (κ3) is 6.78. The molecule has 168 valence electrons. The quantitative estimate of drug-likeness (QED) is 0.324. The minimum atomic E-state index is -0.516. The molecule has 0 saturated heterocycles. The predicted molar refractivity (Wildman–Crippen MR) is 113 cm³/mol. The Morgan fingerprint density at radius 1 is 1.17 bits per heavy atom. The van der Waals surface area contributed by atoms with Gasteiger partial charge in [-0.3, -0.25) is 9.59 Å². The lowest BCUT2D eigenvalue weighted by molar-refractivity contribution is -0.140. The number of aliphatic hydroxyl groups excluding tert-OH is 2. The van der Waals surface area contributed by atoms with Crippen LogP contribution in [0.5, 0.6) is 0 Å². The standard InChI is InChI=1S/C24H42O5/c1-3-14-24(15-9-16-24)22(27)12-8-11-19-18(20(25)17-21(19)26)10-6-4-5-7-13-23(28)29-2/h18-19,21-22,26-27H,3-17H2,1-2H3/t18?,19-,21?,22-/m1/s1. The van der Waals surface area contributed by atoms with E-state index in [1.807, 2.05) is 0 Å². The summed E-state index contributed by atoms with van der Waals surface area (Å²) in [5, 5.41) is 21.1. The van der Waals surface area contributed by atoms with Gasteiger partial charge >= 0.3 is 5.97 Å². The van der Waals surface area contributed by atoms with E-state index in [4.69, 9.17) is 0 Å². The lowest BCUT2D eigenvalue weighted by atomic mass is 9.61. The molecule has 0 spiro atoms. The maximum Gasteiger partial charge on any atom is 0.305 e. The average molecular weight is 411 g/mol. The van der Waals surface area contributed by atoms with E-state index in [1.165, 1.54) is 13.5 Å². The van der Waals surface area contributed by atoms with Crippen molar-refractivity contribution in [1.29, 1.82) is 0 Å². The van der Waals surface area contributed by atoms with Gasteiger partial charge in [-0.05, 0) is 56.3 Å². The highest BCUT2D eigenvalue weighted by molar-refractivity contribution is 5.84. The summed E-state index contributed by atoms with van der Waals surface area (Å²) in [6, 6.07) is 0. The monoisotopic (exact) mass is 410 g/mol. The fourth-order valence-corrected chi connectivity index (χ4v) is 5.61. The van der Waals surface area contributed by atoms with Gasteiger partial charge in [0.1, 0.15) is 5.78 Å². The van der Waals surface area contributed by atoms with Crippen molar-refractivity contribution in [3.05, 3.63) is 0 Å². The van der Waals surface area contributed by atoms with E-state index in [-0.39, 0.29) is 35.1 Å². The van der Waals surface area contributed by atoms with Gasteiger partial charge in [0.05, 0.1) is 19.3 Å². The van der Waals surface area contributed by atoms with Gasteiger partial charge in [-0.15, -0.1) is 0 Å². The molecule has 0 aliphatic heterocycles. The molecule has 2 unspecified atom stereocenters. The first kappa shape index (κ1) is 24.3. The van der Waals surface area contributed by atoms with Crippen molar-refractivity contribution in [3.8, 4) is 0 Å². The molecule has 2 fully saturated rings. The number of rotatable bonds is 14. The molecule has 29 heavy (non-hydrogen) atoms. The highest BCUT2D eigenvalue weighted by Gasteiger charge is 2.43. The van der Waals surface area contributed by atoms with Crippen molar-refractivity contribution in [3.63, 3.8) is 0 Å². The number of Topliss-reactive ketones (excluding diaryl/α,β-unsaturated/α-hetero) is 1. The van der Waals surface area contributed by atoms with Gasteiger partial charge in [-0.1, -0.05) is 45.4 Å². The van der Waals surface area contributed by atoms with Crippen LogP contribution < -0.4 is 0 Å². The van der Waals surface area contributed by atoms with Crippen molar-refractivity contribution >= 4 is 11.8 Å². The number of unbranched alkanes of at least 4 members (excludes halogenated alkanes) is 3. The molecule has 5 nitrogen and oxygen atoms in total. The molecular weight excluding hydrogens is 368 g/mol. The molecule has 0 amide bonds. The fraction of sp³-hybridized carbons (Fsp3) is 0.917. The van der Waals surface area contributed by atoms with E-state index < -0.39 is 6.10 Å².